The van der Waals surface area contributed by atoms with E-state index < -0.39 is 28.5 Å². The van der Waals surface area contributed by atoms with Gasteiger partial charge in [-0.15, -0.1) is 0 Å². The fourth-order valence-electron chi connectivity index (χ4n) is 4.31. The van der Waals surface area contributed by atoms with E-state index in [9.17, 15) is 18.0 Å². The summed E-state index contributed by atoms with van der Waals surface area (Å²) in [5, 5.41) is 2.93. The Balaban J connectivity index is 2.07. The number of halogens is 1. The number of hydrogen-bond acceptors (Lipinski definition) is 6. The Bertz CT molecular complexity index is 1430. The minimum Gasteiger partial charge on any atom is -0.493 e. The number of hydrogen-bond donors (Lipinski definition) is 1. The maximum absolute atomic E-state index is 14.1. The van der Waals surface area contributed by atoms with Crippen LogP contribution < -0.4 is 19.1 Å². The Morgan fingerprint density at radius 3 is 2.10 bits per heavy atom. The Labute approximate surface area is 250 Å². The third-order valence-corrected chi connectivity index (χ3v) is 7.97. The van der Waals surface area contributed by atoms with Crippen molar-refractivity contribution in [3.63, 3.8) is 0 Å². The molecule has 3 aromatic rings. The average Bonchev–Trinajstić information content (AvgIpc) is 2.93. The van der Waals surface area contributed by atoms with Gasteiger partial charge in [0.25, 0.3) is 0 Å². The van der Waals surface area contributed by atoms with E-state index in [0.29, 0.717) is 11.5 Å². The standard InChI is InChI=1S/C30H36BrN3O6S/c1-21(2)32-30(36)26(17-22-9-7-6-8-10-22)33(19-23-11-13-24(31)14-12-23)29(35)20-34(41(5,37)38)25-15-16-27(39-3)28(18-25)40-4/h6-16,18,21,26H,17,19-20H2,1-5H3,(H,32,36). The monoisotopic (exact) mass is 645 g/mol. The summed E-state index contributed by atoms with van der Waals surface area (Å²) in [4.78, 5) is 29.2. The van der Waals surface area contributed by atoms with Crippen molar-refractivity contribution in [2.45, 2.75) is 38.9 Å². The highest BCUT2D eigenvalue weighted by Gasteiger charge is 2.33. The van der Waals surface area contributed by atoms with Gasteiger partial charge in [-0.3, -0.25) is 13.9 Å². The van der Waals surface area contributed by atoms with Gasteiger partial charge in [-0.1, -0.05) is 58.4 Å². The number of nitrogens with one attached hydrogen (secondary N) is 1. The molecule has 1 atom stereocenters. The molecule has 41 heavy (non-hydrogen) atoms. The molecule has 9 nitrogen and oxygen atoms in total. The van der Waals surface area contributed by atoms with E-state index >= 15 is 0 Å². The van der Waals surface area contributed by atoms with Crippen LogP contribution in [0.4, 0.5) is 5.69 Å². The third-order valence-electron chi connectivity index (χ3n) is 6.30. The second-order valence-corrected chi connectivity index (χ2v) is 12.6. The number of anilines is 1. The van der Waals surface area contributed by atoms with E-state index in [1.54, 1.807) is 12.1 Å². The van der Waals surface area contributed by atoms with Crippen LogP contribution in [-0.4, -0.2) is 64.2 Å². The Hall–Kier alpha value is -3.57. The van der Waals surface area contributed by atoms with E-state index in [2.05, 4.69) is 21.2 Å². The lowest BCUT2D eigenvalue weighted by Crippen LogP contribution is -2.54. The average molecular weight is 647 g/mol. The SMILES string of the molecule is COc1ccc(N(CC(=O)N(Cc2ccc(Br)cc2)C(Cc2ccccc2)C(=O)NC(C)C)S(C)(=O)=O)cc1OC. The van der Waals surface area contributed by atoms with Gasteiger partial charge in [0.2, 0.25) is 21.8 Å². The first kappa shape index (κ1) is 32.0. The predicted molar refractivity (Wildman–Crippen MR) is 164 cm³/mol. The van der Waals surface area contributed by atoms with Gasteiger partial charge in [-0.2, -0.15) is 0 Å². The molecule has 2 amide bonds. The van der Waals surface area contributed by atoms with Crippen LogP contribution in [0.25, 0.3) is 0 Å². The summed E-state index contributed by atoms with van der Waals surface area (Å²) in [6.45, 7) is 3.27. The number of rotatable bonds is 13. The number of sulfonamides is 1. The van der Waals surface area contributed by atoms with Gasteiger partial charge < -0.3 is 19.7 Å². The van der Waals surface area contributed by atoms with Gasteiger partial charge in [0.15, 0.2) is 11.5 Å². The maximum Gasteiger partial charge on any atom is 0.244 e. The molecule has 11 heteroatoms. The van der Waals surface area contributed by atoms with E-state index in [1.165, 1.54) is 25.2 Å². The summed E-state index contributed by atoms with van der Waals surface area (Å²) in [6, 6.07) is 20.4. The zero-order valence-corrected chi connectivity index (χ0v) is 26.2. The lowest BCUT2D eigenvalue weighted by atomic mass is 10.0. The van der Waals surface area contributed by atoms with Gasteiger partial charge in [0, 0.05) is 29.5 Å². The molecule has 0 fully saturated rings. The van der Waals surface area contributed by atoms with E-state index in [4.69, 9.17) is 9.47 Å². The van der Waals surface area contributed by atoms with Crippen molar-refractivity contribution in [1.29, 1.82) is 0 Å². The molecule has 3 rings (SSSR count). The van der Waals surface area contributed by atoms with Crippen molar-refractivity contribution in [2.24, 2.45) is 0 Å². The van der Waals surface area contributed by atoms with Crippen LogP contribution in [0, 0.1) is 0 Å². The van der Waals surface area contributed by atoms with Crippen LogP contribution in [0.15, 0.2) is 77.3 Å². The molecule has 0 aliphatic carbocycles. The topological polar surface area (TPSA) is 105 Å². The molecule has 0 aliphatic heterocycles. The molecule has 1 unspecified atom stereocenters. The van der Waals surface area contributed by atoms with Crippen molar-refractivity contribution >= 4 is 43.5 Å². The molecule has 0 spiro atoms. The zero-order valence-electron chi connectivity index (χ0n) is 23.8. The molecular weight excluding hydrogens is 610 g/mol. The summed E-state index contributed by atoms with van der Waals surface area (Å²) in [5.74, 6) is -0.128. The molecule has 0 aromatic heterocycles. The molecule has 1 N–H and O–H groups in total. The molecule has 0 saturated heterocycles. The van der Waals surface area contributed by atoms with E-state index in [-0.39, 0.29) is 30.6 Å². The second kappa shape index (κ2) is 14.4. The smallest absolute Gasteiger partial charge is 0.244 e. The quantitative estimate of drug-likeness (QED) is 0.296. The number of amides is 2. The van der Waals surface area contributed by atoms with Crippen LogP contribution in [-0.2, 0) is 32.6 Å². The molecular formula is C30H36BrN3O6S. The highest BCUT2D eigenvalue weighted by atomic mass is 79.9. The number of carbonyl (C=O) groups excluding carboxylic acids is 2. The van der Waals surface area contributed by atoms with Crippen LogP contribution in [0.1, 0.15) is 25.0 Å². The largest absolute Gasteiger partial charge is 0.493 e. The molecule has 0 radical (unpaired) electrons. The van der Waals surface area contributed by atoms with Crippen molar-refractivity contribution in [3.05, 3.63) is 88.4 Å². The van der Waals surface area contributed by atoms with Crippen molar-refractivity contribution in [3.8, 4) is 11.5 Å². The summed E-state index contributed by atoms with van der Waals surface area (Å²) < 4.78 is 38.5. The molecule has 0 heterocycles. The summed E-state index contributed by atoms with van der Waals surface area (Å²) in [6.07, 6.45) is 1.28. The van der Waals surface area contributed by atoms with Crippen LogP contribution in [0.5, 0.6) is 11.5 Å². The van der Waals surface area contributed by atoms with Crippen molar-refractivity contribution in [1.82, 2.24) is 10.2 Å². The number of carbonyl (C=O) groups is 2. The normalized spacial score (nSPS) is 12.0. The number of ether oxygens (including phenoxy) is 2. The van der Waals surface area contributed by atoms with Crippen LogP contribution >= 0.6 is 15.9 Å². The highest BCUT2D eigenvalue weighted by molar-refractivity contribution is 9.10. The van der Waals surface area contributed by atoms with E-state index in [0.717, 1.165) is 26.2 Å². The molecule has 3 aromatic carbocycles. The minimum absolute atomic E-state index is 0.0959. The Morgan fingerprint density at radius 1 is 0.902 bits per heavy atom. The molecule has 0 bridgehead atoms. The fourth-order valence-corrected chi connectivity index (χ4v) is 5.42. The van der Waals surface area contributed by atoms with Crippen LogP contribution in [0.2, 0.25) is 0 Å². The summed E-state index contributed by atoms with van der Waals surface area (Å²) in [7, 11) is -0.991. The summed E-state index contributed by atoms with van der Waals surface area (Å²) >= 11 is 3.43. The number of methoxy groups -OCH3 is 2. The Kier molecular flexibility index (Phi) is 11.2. The van der Waals surface area contributed by atoms with Gasteiger partial charge in [0.05, 0.1) is 26.2 Å². The Morgan fingerprint density at radius 2 is 1.54 bits per heavy atom. The fraction of sp³-hybridized carbons (Fsp3) is 0.333. The molecule has 0 saturated carbocycles. The first-order valence-electron chi connectivity index (χ1n) is 13.0. The number of nitrogens with zero attached hydrogens (tertiary/aromatic N) is 2. The van der Waals surface area contributed by atoms with Crippen molar-refractivity contribution in [2.75, 3.05) is 31.3 Å². The summed E-state index contributed by atoms with van der Waals surface area (Å²) in [5.41, 5.74) is 1.88. The van der Waals surface area contributed by atoms with E-state index in [1.807, 2.05) is 68.4 Å². The predicted octanol–water partition coefficient (Wildman–Crippen LogP) is 4.40. The van der Waals surface area contributed by atoms with Gasteiger partial charge >= 0.3 is 0 Å². The second-order valence-electron chi connectivity index (χ2n) is 9.83. The zero-order chi connectivity index (χ0) is 30.2. The maximum atomic E-state index is 14.1. The molecule has 220 valence electrons. The van der Waals surface area contributed by atoms with Crippen LogP contribution in [0.3, 0.4) is 0 Å². The van der Waals surface area contributed by atoms with Gasteiger partial charge in [-0.05, 0) is 49.2 Å². The lowest BCUT2D eigenvalue weighted by Gasteiger charge is -2.34. The molecule has 0 aliphatic rings. The number of benzene rings is 3. The highest BCUT2D eigenvalue weighted by Crippen LogP contribution is 2.32. The third kappa shape index (κ3) is 8.96. The van der Waals surface area contributed by atoms with Gasteiger partial charge in [-0.25, -0.2) is 8.42 Å². The van der Waals surface area contributed by atoms with Crippen molar-refractivity contribution < 1.29 is 27.5 Å². The minimum atomic E-state index is -3.91. The van der Waals surface area contributed by atoms with Gasteiger partial charge in [0.1, 0.15) is 12.6 Å². The lowest BCUT2D eigenvalue weighted by molar-refractivity contribution is -0.140. The first-order valence-corrected chi connectivity index (χ1v) is 15.6. The first-order chi connectivity index (χ1) is 19.4.